The van der Waals surface area contributed by atoms with Gasteiger partial charge in [0.25, 0.3) is 5.91 Å². The highest BCUT2D eigenvalue weighted by atomic mass is 16.5. The first-order valence-electron chi connectivity index (χ1n) is 9.11. The number of ether oxygens (including phenoxy) is 1. The van der Waals surface area contributed by atoms with Crippen molar-refractivity contribution >= 4 is 11.8 Å². The number of aromatic nitrogens is 1. The Morgan fingerprint density at radius 1 is 1.23 bits per heavy atom. The molecule has 2 aliphatic heterocycles. The molecule has 1 saturated heterocycles. The van der Waals surface area contributed by atoms with Gasteiger partial charge in [-0.15, -0.1) is 0 Å². The van der Waals surface area contributed by atoms with Crippen molar-refractivity contribution in [2.75, 3.05) is 19.7 Å². The molecule has 0 bridgehead atoms. The fraction of sp³-hybridized carbons (Fsp3) is 0.526. The second-order valence-corrected chi connectivity index (χ2v) is 6.64. The third-order valence-corrected chi connectivity index (χ3v) is 4.74. The van der Waals surface area contributed by atoms with Crippen LogP contribution in [0.3, 0.4) is 0 Å². The lowest BCUT2D eigenvalue weighted by atomic mass is 10.0. The minimum absolute atomic E-state index is 0.0759. The normalized spacial score (nSPS) is 25.7. The number of nitrogens with zero attached hydrogens (tertiary/aromatic N) is 2. The molecule has 1 aromatic heterocycles. The maximum absolute atomic E-state index is 12.4. The van der Waals surface area contributed by atoms with Gasteiger partial charge in [-0.25, -0.2) is 0 Å². The second kappa shape index (κ2) is 8.91. The van der Waals surface area contributed by atoms with Gasteiger partial charge in [-0.3, -0.25) is 14.6 Å². The second-order valence-electron chi connectivity index (χ2n) is 6.64. The first-order chi connectivity index (χ1) is 12.7. The summed E-state index contributed by atoms with van der Waals surface area (Å²) in [4.78, 5) is 30.5. The Labute approximate surface area is 153 Å². The number of piperidine rings is 1. The Morgan fingerprint density at radius 3 is 2.73 bits per heavy atom. The Balaban J connectivity index is 1.57. The Hall–Kier alpha value is -2.25. The summed E-state index contributed by atoms with van der Waals surface area (Å²) in [6.45, 7) is 1.37. The van der Waals surface area contributed by atoms with Crippen molar-refractivity contribution in [2.45, 2.75) is 43.9 Å². The summed E-state index contributed by atoms with van der Waals surface area (Å²) in [5.41, 5.74) is 0.306. The van der Waals surface area contributed by atoms with E-state index in [1.165, 1.54) is 6.42 Å². The van der Waals surface area contributed by atoms with Gasteiger partial charge in [0, 0.05) is 19.3 Å². The van der Waals surface area contributed by atoms with Crippen LogP contribution in [0.15, 0.2) is 36.5 Å². The number of aliphatic hydroxyl groups excluding tert-OH is 1. The molecule has 2 N–H and O–H groups in total. The average molecular weight is 359 g/mol. The van der Waals surface area contributed by atoms with E-state index >= 15 is 0 Å². The quantitative estimate of drug-likeness (QED) is 0.762. The number of hydrogen-bond acceptors (Lipinski definition) is 5. The number of pyridine rings is 1. The fourth-order valence-electron chi connectivity index (χ4n) is 3.30. The summed E-state index contributed by atoms with van der Waals surface area (Å²) in [5, 5.41) is 12.4. The smallest absolute Gasteiger partial charge is 0.270 e. The lowest BCUT2D eigenvalue weighted by Gasteiger charge is -2.33. The van der Waals surface area contributed by atoms with Gasteiger partial charge in [-0.05, 0) is 31.4 Å². The van der Waals surface area contributed by atoms with Gasteiger partial charge < -0.3 is 20.1 Å². The summed E-state index contributed by atoms with van der Waals surface area (Å²) in [5.74, 6) is -0.253. The van der Waals surface area contributed by atoms with Crippen molar-refractivity contribution in [3.63, 3.8) is 0 Å². The first-order valence-corrected chi connectivity index (χ1v) is 9.11. The van der Waals surface area contributed by atoms with Crippen LogP contribution >= 0.6 is 0 Å². The van der Waals surface area contributed by atoms with Crippen LogP contribution in [0.25, 0.3) is 0 Å². The predicted octanol–water partition coefficient (Wildman–Crippen LogP) is 0.898. The molecule has 2 amide bonds. The summed E-state index contributed by atoms with van der Waals surface area (Å²) in [7, 11) is 0. The Morgan fingerprint density at radius 2 is 2.04 bits per heavy atom. The maximum atomic E-state index is 12.4. The molecular weight excluding hydrogens is 334 g/mol. The van der Waals surface area contributed by atoms with Gasteiger partial charge in [-0.2, -0.15) is 0 Å². The molecular formula is C19H25N3O4. The van der Waals surface area contributed by atoms with Crippen LogP contribution < -0.4 is 5.32 Å². The van der Waals surface area contributed by atoms with Gasteiger partial charge >= 0.3 is 0 Å². The molecule has 1 fully saturated rings. The van der Waals surface area contributed by atoms with E-state index in [1.807, 2.05) is 4.90 Å². The zero-order valence-electron chi connectivity index (χ0n) is 14.7. The first kappa shape index (κ1) is 18.5. The topological polar surface area (TPSA) is 91.8 Å². The molecule has 140 valence electrons. The van der Waals surface area contributed by atoms with E-state index < -0.39 is 12.1 Å². The largest absolute Gasteiger partial charge is 0.394 e. The Bertz CT molecular complexity index is 643. The van der Waals surface area contributed by atoms with Crippen LogP contribution in [0, 0.1) is 0 Å². The highest BCUT2D eigenvalue weighted by Gasteiger charge is 2.30. The number of carbonyl (C=O) groups excluding carboxylic acids is 2. The summed E-state index contributed by atoms with van der Waals surface area (Å²) < 4.78 is 5.83. The average Bonchev–Trinajstić information content (AvgIpc) is 2.70. The molecule has 2 aliphatic rings. The molecule has 0 spiro atoms. The fourth-order valence-corrected chi connectivity index (χ4v) is 3.30. The van der Waals surface area contributed by atoms with E-state index in [-0.39, 0.29) is 30.9 Å². The number of aliphatic hydroxyl groups is 1. The summed E-state index contributed by atoms with van der Waals surface area (Å²) in [6.07, 6.45) is 7.69. The molecule has 3 atom stereocenters. The minimum atomic E-state index is -0.591. The number of nitrogens with one attached hydrogen (secondary N) is 1. The molecule has 26 heavy (non-hydrogen) atoms. The molecule has 0 aromatic carbocycles. The highest BCUT2D eigenvalue weighted by Crippen LogP contribution is 2.18. The Kier molecular flexibility index (Phi) is 6.35. The third-order valence-electron chi connectivity index (χ3n) is 4.74. The summed E-state index contributed by atoms with van der Waals surface area (Å²) >= 11 is 0. The van der Waals surface area contributed by atoms with Crippen LogP contribution in [-0.4, -0.2) is 64.8 Å². The van der Waals surface area contributed by atoms with Crippen LogP contribution in [0.1, 0.15) is 36.2 Å². The van der Waals surface area contributed by atoms with Crippen LogP contribution in [0.5, 0.6) is 0 Å². The standard InChI is InChI=1S/C19H25N3O4/c23-13-17-15(21-19(25)16-6-2-3-9-20-16)8-7-14(26-17)12-18(24)22-10-4-1-5-11-22/h2-3,6-9,14-15,17,23H,1,4-5,10-13H2,(H,21,25)/t14-,15-,17+/m1/s1. The molecule has 7 nitrogen and oxygen atoms in total. The molecule has 7 heteroatoms. The van der Waals surface area contributed by atoms with E-state index in [2.05, 4.69) is 10.3 Å². The van der Waals surface area contributed by atoms with Gasteiger partial charge in [-0.1, -0.05) is 18.2 Å². The van der Waals surface area contributed by atoms with E-state index in [9.17, 15) is 14.7 Å². The number of carbonyl (C=O) groups is 2. The minimum Gasteiger partial charge on any atom is -0.394 e. The highest BCUT2D eigenvalue weighted by molar-refractivity contribution is 5.92. The zero-order valence-corrected chi connectivity index (χ0v) is 14.7. The van der Waals surface area contributed by atoms with Gasteiger partial charge in [0.05, 0.1) is 25.2 Å². The van der Waals surface area contributed by atoms with E-state index in [0.29, 0.717) is 5.69 Å². The lowest BCUT2D eigenvalue weighted by molar-refractivity contribution is -0.136. The third kappa shape index (κ3) is 4.68. The van der Waals surface area contributed by atoms with Crippen molar-refractivity contribution in [1.82, 2.24) is 15.2 Å². The number of likely N-dealkylation sites (tertiary alicyclic amines) is 1. The van der Waals surface area contributed by atoms with E-state index in [1.54, 1.807) is 36.5 Å². The maximum Gasteiger partial charge on any atom is 0.270 e. The predicted molar refractivity (Wildman–Crippen MR) is 95.4 cm³/mol. The molecule has 1 aromatic rings. The van der Waals surface area contributed by atoms with Crippen molar-refractivity contribution in [2.24, 2.45) is 0 Å². The van der Waals surface area contributed by atoms with Crippen LogP contribution in [-0.2, 0) is 9.53 Å². The number of amides is 2. The van der Waals surface area contributed by atoms with Crippen molar-refractivity contribution < 1.29 is 19.4 Å². The molecule has 0 radical (unpaired) electrons. The van der Waals surface area contributed by atoms with Crippen molar-refractivity contribution in [3.8, 4) is 0 Å². The molecule has 0 aliphatic carbocycles. The molecule has 3 rings (SSSR count). The van der Waals surface area contributed by atoms with Crippen molar-refractivity contribution in [3.05, 3.63) is 42.2 Å². The van der Waals surface area contributed by atoms with Gasteiger partial charge in [0.15, 0.2) is 0 Å². The van der Waals surface area contributed by atoms with Crippen LogP contribution in [0.4, 0.5) is 0 Å². The van der Waals surface area contributed by atoms with Gasteiger partial charge in [0.2, 0.25) is 5.91 Å². The molecule has 0 saturated carbocycles. The number of hydrogen-bond donors (Lipinski definition) is 2. The molecule has 3 heterocycles. The summed E-state index contributed by atoms with van der Waals surface area (Å²) in [6, 6.07) is 4.63. The van der Waals surface area contributed by atoms with Gasteiger partial charge in [0.1, 0.15) is 11.8 Å². The SMILES string of the molecule is O=C(N[C@@H]1C=C[C@H](CC(=O)N2CCCCC2)O[C@H]1CO)c1ccccn1. The van der Waals surface area contributed by atoms with Crippen molar-refractivity contribution in [1.29, 1.82) is 0 Å². The van der Waals surface area contributed by atoms with E-state index in [0.717, 1.165) is 25.9 Å². The monoisotopic (exact) mass is 359 g/mol. The number of rotatable bonds is 5. The van der Waals surface area contributed by atoms with E-state index in [4.69, 9.17) is 4.74 Å². The zero-order chi connectivity index (χ0) is 18.4. The molecule has 0 unspecified atom stereocenters. The van der Waals surface area contributed by atoms with Crippen LogP contribution in [0.2, 0.25) is 0 Å². The lowest BCUT2D eigenvalue weighted by Crippen LogP contribution is -2.49.